The van der Waals surface area contributed by atoms with E-state index in [4.69, 9.17) is 0 Å². The Balaban J connectivity index is 1.70. The van der Waals surface area contributed by atoms with Crippen LogP contribution in [0.1, 0.15) is 19.8 Å². The Morgan fingerprint density at radius 1 is 1.17 bits per heavy atom. The standard InChI is InChI=1S/C20H23N3/c1-2-23-11-5-8-17(14-23)22-19-9-10-21-20-13-16-7-4-3-6-15(16)12-18(19)20/h3-4,6-7,9-10,12-13,17H,2,5,8,11,14H2,1H3,(H,21,22)/p+2/t17-/m0/s1. The summed E-state index contributed by atoms with van der Waals surface area (Å²) < 4.78 is 0. The summed E-state index contributed by atoms with van der Waals surface area (Å²) in [5.41, 5.74) is 2.45. The maximum atomic E-state index is 3.81. The first-order chi connectivity index (χ1) is 11.3. The molecular formula is C20H25N3+2. The molecule has 2 heterocycles. The molecule has 0 spiro atoms. The normalized spacial score (nSPS) is 21.6. The van der Waals surface area contributed by atoms with Crippen LogP contribution in [0.3, 0.4) is 0 Å². The first kappa shape index (κ1) is 14.5. The lowest BCUT2D eigenvalue weighted by atomic mass is 10.0. The van der Waals surface area contributed by atoms with Crippen LogP contribution in [0.25, 0.3) is 21.7 Å². The molecule has 0 radical (unpaired) electrons. The topological polar surface area (TPSA) is 30.6 Å². The zero-order valence-electron chi connectivity index (χ0n) is 13.7. The van der Waals surface area contributed by atoms with E-state index in [1.807, 2.05) is 6.20 Å². The molecule has 1 aromatic heterocycles. The number of anilines is 1. The fraction of sp³-hybridized carbons (Fsp3) is 0.350. The molecule has 0 aliphatic carbocycles. The number of aromatic nitrogens is 1. The Morgan fingerprint density at radius 2 is 2.00 bits per heavy atom. The molecule has 1 saturated heterocycles. The van der Waals surface area contributed by atoms with Gasteiger partial charge in [-0.25, -0.2) is 4.98 Å². The van der Waals surface area contributed by atoms with Gasteiger partial charge in [0.05, 0.1) is 36.7 Å². The van der Waals surface area contributed by atoms with Crippen LogP contribution in [0, 0.1) is 0 Å². The highest BCUT2D eigenvalue weighted by Crippen LogP contribution is 2.26. The summed E-state index contributed by atoms with van der Waals surface area (Å²) in [7, 11) is 0. The average molecular weight is 307 g/mol. The summed E-state index contributed by atoms with van der Waals surface area (Å²) in [6, 6.07) is 15.9. The van der Waals surface area contributed by atoms with E-state index in [2.05, 4.69) is 59.7 Å². The zero-order valence-corrected chi connectivity index (χ0v) is 13.7. The van der Waals surface area contributed by atoms with Gasteiger partial charge in [-0.15, -0.1) is 0 Å². The number of pyridine rings is 1. The highest BCUT2D eigenvalue weighted by atomic mass is 15.2. The minimum Gasteiger partial charge on any atom is -0.376 e. The van der Waals surface area contributed by atoms with Gasteiger partial charge in [0.25, 0.3) is 0 Å². The van der Waals surface area contributed by atoms with Crippen LogP contribution in [0.4, 0.5) is 5.69 Å². The monoisotopic (exact) mass is 307 g/mol. The number of quaternary nitrogens is 1. The summed E-state index contributed by atoms with van der Waals surface area (Å²) in [6.07, 6.45) is 4.64. The fourth-order valence-corrected chi connectivity index (χ4v) is 3.83. The number of hydrogen-bond acceptors (Lipinski definition) is 1. The molecule has 1 aliphatic heterocycles. The number of fused-ring (bicyclic) bond motifs is 2. The van der Waals surface area contributed by atoms with Crippen LogP contribution < -0.4 is 15.2 Å². The van der Waals surface area contributed by atoms with Gasteiger partial charge in [0.2, 0.25) is 5.52 Å². The van der Waals surface area contributed by atoms with Crippen LogP contribution in [0.5, 0.6) is 0 Å². The number of likely N-dealkylation sites (N-methyl/N-ethyl adjacent to an activating group) is 1. The molecule has 3 nitrogen and oxygen atoms in total. The van der Waals surface area contributed by atoms with Gasteiger partial charge in [0.15, 0.2) is 6.20 Å². The Morgan fingerprint density at radius 3 is 2.83 bits per heavy atom. The van der Waals surface area contributed by atoms with Gasteiger partial charge in [-0.2, -0.15) is 0 Å². The minimum atomic E-state index is 0.579. The molecule has 2 aromatic carbocycles. The number of likely N-dealkylation sites (tertiary alicyclic amines) is 1. The molecule has 3 aromatic rings. The van der Waals surface area contributed by atoms with Crippen LogP contribution in [0.15, 0.2) is 48.7 Å². The SMILES string of the molecule is CC[NH+]1CCC[C@H](Nc2cc[nH+]c3cc4ccccc4cc23)C1. The van der Waals surface area contributed by atoms with Crippen molar-refractivity contribution in [2.45, 2.75) is 25.8 Å². The molecule has 0 amide bonds. The molecule has 3 heteroatoms. The van der Waals surface area contributed by atoms with Gasteiger partial charge >= 0.3 is 0 Å². The van der Waals surface area contributed by atoms with Crippen molar-refractivity contribution < 1.29 is 9.88 Å². The number of rotatable bonds is 3. The quantitative estimate of drug-likeness (QED) is 0.715. The van der Waals surface area contributed by atoms with Gasteiger partial charge in [-0.1, -0.05) is 24.3 Å². The average Bonchev–Trinajstić information content (AvgIpc) is 2.60. The smallest absolute Gasteiger partial charge is 0.213 e. The fourth-order valence-electron chi connectivity index (χ4n) is 3.83. The van der Waals surface area contributed by atoms with E-state index in [1.165, 1.54) is 59.8 Å². The molecule has 1 fully saturated rings. The van der Waals surface area contributed by atoms with E-state index in [0.717, 1.165) is 0 Å². The molecule has 118 valence electrons. The van der Waals surface area contributed by atoms with Crippen molar-refractivity contribution in [1.29, 1.82) is 0 Å². The van der Waals surface area contributed by atoms with Crippen LogP contribution in [0.2, 0.25) is 0 Å². The molecule has 0 bridgehead atoms. The largest absolute Gasteiger partial charge is 0.376 e. The van der Waals surface area contributed by atoms with E-state index >= 15 is 0 Å². The van der Waals surface area contributed by atoms with E-state index < -0.39 is 0 Å². The number of H-pyrrole nitrogens is 1. The molecule has 3 N–H and O–H groups in total. The van der Waals surface area contributed by atoms with Crippen molar-refractivity contribution in [3.05, 3.63) is 48.7 Å². The Bertz CT molecular complexity index is 827. The number of nitrogens with one attached hydrogen (secondary N) is 3. The third-order valence-electron chi connectivity index (χ3n) is 5.14. The van der Waals surface area contributed by atoms with Gasteiger partial charge in [-0.3, -0.25) is 0 Å². The molecule has 2 atom stereocenters. The molecule has 4 rings (SSSR count). The van der Waals surface area contributed by atoms with Gasteiger partial charge < -0.3 is 10.2 Å². The Kier molecular flexibility index (Phi) is 3.88. The van der Waals surface area contributed by atoms with Crippen molar-refractivity contribution in [1.82, 2.24) is 0 Å². The number of aromatic amines is 1. The number of benzene rings is 2. The van der Waals surface area contributed by atoms with Crippen molar-refractivity contribution in [3.8, 4) is 0 Å². The first-order valence-corrected chi connectivity index (χ1v) is 8.77. The minimum absolute atomic E-state index is 0.579. The second kappa shape index (κ2) is 6.17. The summed E-state index contributed by atoms with van der Waals surface area (Å²) in [6.45, 7) is 6.07. The number of piperidine rings is 1. The van der Waals surface area contributed by atoms with Crippen LogP contribution in [-0.4, -0.2) is 25.7 Å². The van der Waals surface area contributed by atoms with Crippen molar-refractivity contribution in [2.75, 3.05) is 25.0 Å². The summed E-state index contributed by atoms with van der Waals surface area (Å²) in [5.74, 6) is 0. The Hall–Kier alpha value is -2.13. The summed E-state index contributed by atoms with van der Waals surface area (Å²) >= 11 is 0. The van der Waals surface area contributed by atoms with Gasteiger partial charge in [0.1, 0.15) is 0 Å². The molecule has 1 aliphatic rings. The van der Waals surface area contributed by atoms with Gasteiger partial charge in [-0.05, 0) is 36.6 Å². The third-order valence-corrected chi connectivity index (χ3v) is 5.14. The van der Waals surface area contributed by atoms with E-state index in [-0.39, 0.29) is 0 Å². The lowest BCUT2D eigenvalue weighted by Crippen LogP contribution is -3.14. The molecule has 23 heavy (non-hydrogen) atoms. The van der Waals surface area contributed by atoms with Crippen LogP contribution in [-0.2, 0) is 0 Å². The predicted molar refractivity (Wildman–Crippen MR) is 95.9 cm³/mol. The maximum absolute atomic E-state index is 3.81. The van der Waals surface area contributed by atoms with Crippen LogP contribution >= 0.6 is 0 Å². The molecular weight excluding hydrogens is 282 g/mol. The second-order valence-electron chi connectivity index (χ2n) is 6.68. The van der Waals surface area contributed by atoms with E-state index in [1.54, 1.807) is 4.90 Å². The highest BCUT2D eigenvalue weighted by molar-refractivity contribution is 6.00. The lowest BCUT2D eigenvalue weighted by molar-refractivity contribution is -0.903. The first-order valence-electron chi connectivity index (χ1n) is 8.77. The third kappa shape index (κ3) is 2.89. The summed E-state index contributed by atoms with van der Waals surface area (Å²) in [4.78, 5) is 5.11. The van der Waals surface area contributed by atoms with Crippen molar-refractivity contribution in [3.63, 3.8) is 0 Å². The van der Waals surface area contributed by atoms with E-state index in [0.29, 0.717) is 6.04 Å². The highest BCUT2D eigenvalue weighted by Gasteiger charge is 2.22. The van der Waals surface area contributed by atoms with E-state index in [9.17, 15) is 0 Å². The summed E-state index contributed by atoms with van der Waals surface area (Å²) in [5, 5.41) is 7.68. The zero-order chi connectivity index (χ0) is 15.6. The van der Waals surface area contributed by atoms with Crippen molar-refractivity contribution in [2.24, 2.45) is 0 Å². The second-order valence-corrected chi connectivity index (χ2v) is 6.68. The molecule has 1 unspecified atom stereocenters. The maximum Gasteiger partial charge on any atom is 0.213 e. The molecule has 0 saturated carbocycles. The predicted octanol–water partition coefficient (Wildman–Crippen LogP) is 2.29. The van der Waals surface area contributed by atoms with Gasteiger partial charge in [0, 0.05) is 12.1 Å². The Labute approximate surface area is 137 Å². The van der Waals surface area contributed by atoms with Crippen molar-refractivity contribution >= 4 is 27.4 Å². The number of hydrogen-bond donors (Lipinski definition) is 2. The lowest BCUT2D eigenvalue weighted by Gasteiger charge is -2.30.